The Bertz CT molecular complexity index is 566. The van der Waals surface area contributed by atoms with Crippen molar-refractivity contribution in [1.82, 2.24) is 15.1 Å². The van der Waals surface area contributed by atoms with Crippen molar-refractivity contribution in [3.63, 3.8) is 0 Å². The number of benzene rings is 1. The van der Waals surface area contributed by atoms with Crippen LogP contribution in [-0.2, 0) is 11.3 Å². The quantitative estimate of drug-likeness (QED) is 0.796. The Hall–Kier alpha value is -1.39. The lowest BCUT2D eigenvalue weighted by atomic mass is 9.93. The van der Waals surface area contributed by atoms with Crippen LogP contribution >= 0.6 is 0 Å². The highest BCUT2D eigenvalue weighted by Gasteiger charge is 2.31. The van der Waals surface area contributed by atoms with Crippen LogP contribution in [0.15, 0.2) is 30.3 Å². The van der Waals surface area contributed by atoms with E-state index in [0.29, 0.717) is 12.0 Å². The van der Waals surface area contributed by atoms with Gasteiger partial charge in [-0.05, 0) is 63.2 Å². The summed E-state index contributed by atoms with van der Waals surface area (Å²) in [4.78, 5) is 17.7. The van der Waals surface area contributed by atoms with Crippen LogP contribution in [0.3, 0.4) is 0 Å². The molecular weight excluding hydrogens is 334 g/mol. The Morgan fingerprint density at radius 1 is 1.11 bits per heavy atom. The standard InChI is InChI=1S/C23H37N3O/c1-19(2)10-13-24-23(27)21-9-6-14-26(18-21)22-11-15-25(16-12-22)17-20-7-4-3-5-8-20/h3-5,7-8,19,21-22H,6,9-18H2,1-2H3,(H,24,27). The maximum absolute atomic E-state index is 12.5. The monoisotopic (exact) mass is 371 g/mol. The number of rotatable bonds is 7. The highest BCUT2D eigenvalue weighted by atomic mass is 16.1. The van der Waals surface area contributed by atoms with E-state index in [1.807, 2.05) is 0 Å². The lowest BCUT2D eigenvalue weighted by molar-refractivity contribution is -0.127. The number of nitrogens with zero attached hydrogens (tertiary/aromatic N) is 2. The van der Waals surface area contributed by atoms with Gasteiger partial charge in [0.05, 0.1) is 5.92 Å². The number of amides is 1. The number of hydrogen-bond donors (Lipinski definition) is 1. The molecule has 2 saturated heterocycles. The molecule has 1 amide bonds. The van der Waals surface area contributed by atoms with Crippen molar-refractivity contribution in [2.75, 3.05) is 32.7 Å². The highest BCUT2D eigenvalue weighted by Crippen LogP contribution is 2.24. The van der Waals surface area contributed by atoms with Crippen LogP contribution in [-0.4, -0.2) is 54.5 Å². The average Bonchev–Trinajstić information content (AvgIpc) is 2.69. The zero-order chi connectivity index (χ0) is 19.1. The topological polar surface area (TPSA) is 35.6 Å². The highest BCUT2D eigenvalue weighted by molar-refractivity contribution is 5.78. The van der Waals surface area contributed by atoms with Gasteiger partial charge in [-0.15, -0.1) is 0 Å². The maximum atomic E-state index is 12.5. The molecule has 0 spiro atoms. The van der Waals surface area contributed by atoms with Crippen LogP contribution in [0.4, 0.5) is 0 Å². The fourth-order valence-electron chi connectivity index (χ4n) is 4.46. The third-order valence-electron chi connectivity index (χ3n) is 6.17. The summed E-state index contributed by atoms with van der Waals surface area (Å²) >= 11 is 0. The van der Waals surface area contributed by atoms with Gasteiger partial charge in [-0.2, -0.15) is 0 Å². The first-order chi connectivity index (χ1) is 13.1. The zero-order valence-electron chi connectivity index (χ0n) is 17.2. The predicted molar refractivity (Wildman–Crippen MR) is 112 cm³/mol. The number of carbonyl (C=O) groups excluding carboxylic acids is 1. The first-order valence-electron chi connectivity index (χ1n) is 10.9. The van der Waals surface area contributed by atoms with Crippen molar-refractivity contribution in [2.45, 2.75) is 58.5 Å². The number of likely N-dealkylation sites (tertiary alicyclic amines) is 2. The molecule has 0 aliphatic carbocycles. The molecule has 2 aliphatic heterocycles. The third kappa shape index (κ3) is 6.32. The summed E-state index contributed by atoms with van der Waals surface area (Å²) in [6.07, 6.45) is 5.74. The molecule has 4 heteroatoms. The van der Waals surface area contributed by atoms with E-state index in [-0.39, 0.29) is 11.8 Å². The van der Waals surface area contributed by atoms with Crippen LogP contribution in [0.1, 0.15) is 51.5 Å². The molecule has 0 bridgehead atoms. The van der Waals surface area contributed by atoms with Crippen molar-refractivity contribution < 1.29 is 4.79 Å². The molecule has 0 radical (unpaired) electrons. The first-order valence-corrected chi connectivity index (χ1v) is 10.9. The van der Waals surface area contributed by atoms with Gasteiger partial charge < -0.3 is 5.32 Å². The van der Waals surface area contributed by atoms with Gasteiger partial charge in [0.25, 0.3) is 0 Å². The van der Waals surface area contributed by atoms with Gasteiger partial charge in [0.1, 0.15) is 0 Å². The fourth-order valence-corrected chi connectivity index (χ4v) is 4.46. The predicted octanol–water partition coefficient (Wildman–Crippen LogP) is 3.53. The van der Waals surface area contributed by atoms with Gasteiger partial charge in [-0.1, -0.05) is 44.2 Å². The SMILES string of the molecule is CC(C)CCNC(=O)C1CCCN(C2CCN(Cc3ccccc3)CC2)C1. The molecule has 1 aromatic rings. The summed E-state index contributed by atoms with van der Waals surface area (Å²) in [5.41, 5.74) is 1.41. The minimum absolute atomic E-state index is 0.188. The summed E-state index contributed by atoms with van der Waals surface area (Å²) in [5.74, 6) is 1.12. The van der Waals surface area contributed by atoms with E-state index in [0.717, 1.165) is 38.9 Å². The third-order valence-corrected chi connectivity index (χ3v) is 6.17. The van der Waals surface area contributed by atoms with E-state index in [9.17, 15) is 4.79 Å². The Kier molecular flexibility index (Phi) is 7.71. The van der Waals surface area contributed by atoms with Gasteiger partial charge >= 0.3 is 0 Å². The molecule has 27 heavy (non-hydrogen) atoms. The van der Waals surface area contributed by atoms with E-state index in [1.54, 1.807) is 0 Å². The van der Waals surface area contributed by atoms with Crippen molar-refractivity contribution >= 4 is 5.91 Å². The Morgan fingerprint density at radius 2 is 1.85 bits per heavy atom. The van der Waals surface area contributed by atoms with Gasteiger partial charge in [0, 0.05) is 25.7 Å². The van der Waals surface area contributed by atoms with Crippen LogP contribution in [0.5, 0.6) is 0 Å². The molecule has 1 N–H and O–H groups in total. The van der Waals surface area contributed by atoms with Crippen LogP contribution < -0.4 is 5.32 Å². The van der Waals surface area contributed by atoms with E-state index in [1.165, 1.54) is 38.0 Å². The van der Waals surface area contributed by atoms with Gasteiger partial charge in [0.2, 0.25) is 5.91 Å². The second-order valence-corrected chi connectivity index (χ2v) is 8.80. The zero-order valence-corrected chi connectivity index (χ0v) is 17.2. The number of carbonyl (C=O) groups is 1. The summed E-state index contributed by atoms with van der Waals surface area (Å²) in [6, 6.07) is 11.4. The Balaban J connectivity index is 1.42. The molecule has 0 saturated carbocycles. The first kappa shape index (κ1) is 20.3. The van der Waals surface area contributed by atoms with Gasteiger partial charge in [-0.25, -0.2) is 0 Å². The number of nitrogens with one attached hydrogen (secondary N) is 1. The number of piperidine rings is 2. The molecule has 2 fully saturated rings. The van der Waals surface area contributed by atoms with Crippen LogP contribution in [0, 0.1) is 11.8 Å². The van der Waals surface area contributed by atoms with Crippen molar-refractivity contribution in [3.05, 3.63) is 35.9 Å². The molecule has 1 unspecified atom stereocenters. The van der Waals surface area contributed by atoms with E-state index in [4.69, 9.17) is 0 Å². The van der Waals surface area contributed by atoms with Crippen LogP contribution in [0.25, 0.3) is 0 Å². The molecule has 2 heterocycles. The molecule has 0 aromatic heterocycles. The summed E-state index contributed by atoms with van der Waals surface area (Å²) < 4.78 is 0. The Labute approximate surface area is 165 Å². The summed E-state index contributed by atoms with van der Waals surface area (Å²) in [5, 5.41) is 3.17. The molecule has 1 atom stereocenters. The second-order valence-electron chi connectivity index (χ2n) is 8.80. The second kappa shape index (κ2) is 10.2. The molecule has 2 aliphatic rings. The molecule has 3 rings (SSSR count). The molecule has 150 valence electrons. The van der Waals surface area contributed by atoms with Gasteiger partial charge in [-0.3, -0.25) is 14.6 Å². The maximum Gasteiger partial charge on any atom is 0.224 e. The fraction of sp³-hybridized carbons (Fsp3) is 0.696. The van der Waals surface area contributed by atoms with E-state index >= 15 is 0 Å². The lowest BCUT2D eigenvalue weighted by Crippen LogP contribution is -2.50. The lowest BCUT2D eigenvalue weighted by Gasteiger charge is -2.42. The molecule has 4 nitrogen and oxygen atoms in total. The average molecular weight is 372 g/mol. The minimum Gasteiger partial charge on any atom is -0.356 e. The summed E-state index contributed by atoms with van der Waals surface area (Å²) in [7, 11) is 0. The van der Waals surface area contributed by atoms with E-state index in [2.05, 4.69) is 59.3 Å². The van der Waals surface area contributed by atoms with E-state index < -0.39 is 0 Å². The molecule has 1 aromatic carbocycles. The minimum atomic E-state index is 0.188. The van der Waals surface area contributed by atoms with Crippen LogP contribution in [0.2, 0.25) is 0 Å². The van der Waals surface area contributed by atoms with Crippen molar-refractivity contribution in [1.29, 1.82) is 0 Å². The normalized spacial score (nSPS) is 22.9. The molecular formula is C23H37N3O. The van der Waals surface area contributed by atoms with Crippen molar-refractivity contribution in [2.24, 2.45) is 11.8 Å². The number of hydrogen-bond acceptors (Lipinski definition) is 3. The largest absolute Gasteiger partial charge is 0.356 e. The van der Waals surface area contributed by atoms with Gasteiger partial charge in [0.15, 0.2) is 0 Å². The summed E-state index contributed by atoms with van der Waals surface area (Å²) in [6.45, 7) is 10.8. The van der Waals surface area contributed by atoms with Crippen molar-refractivity contribution in [3.8, 4) is 0 Å². The Morgan fingerprint density at radius 3 is 2.56 bits per heavy atom. The smallest absolute Gasteiger partial charge is 0.224 e.